The van der Waals surface area contributed by atoms with Gasteiger partial charge in [0.1, 0.15) is 5.71 Å². The van der Waals surface area contributed by atoms with Crippen LogP contribution in [0.3, 0.4) is 0 Å². The van der Waals surface area contributed by atoms with Crippen molar-refractivity contribution in [2.45, 2.75) is 13.1 Å². The number of rotatable bonds is 2. The van der Waals surface area contributed by atoms with Gasteiger partial charge in [-0.05, 0) is 13.0 Å². The minimum atomic E-state index is -4.51. The molecule has 0 unspecified atom stereocenters. The normalized spacial score (nSPS) is 12.7. The Morgan fingerprint density at radius 3 is 2.37 bits per heavy atom. The number of nitrogens with zero attached hydrogens (tertiary/aromatic N) is 1. The molecule has 100 valence electrons. The number of oxime groups is 1. The van der Waals surface area contributed by atoms with Gasteiger partial charge in [-0.25, -0.2) is 0 Å². The van der Waals surface area contributed by atoms with E-state index < -0.39 is 11.7 Å². The standard InChI is InChI=1S/C13H11F3N2O/c1-8-7-10(13(14,15)16)12(17-8)11(18-19)9-5-3-2-4-6-9/h2-7,17,19H,1H3/b18-11-. The van der Waals surface area contributed by atoms with Crippen molar-refractivity contribution >= 4 is 5.71 Å². The van der Waals surface area contributed by atoms with E-state index in [0.717, 1.165) is 6.07 Å². The van der Waals surface area contributed by atoms with Crippen LogP contribution in [-0.2, 0) is 6.18 Å². The van der Waals surface area contributed by atoms with E-state index in [1.54, 1.807) is 30.3 Å². The molecule has 0 bridgehead atoms. The fourth-order valence-electron chi connectivity index (χ4n) is 1.85. The fourth-order valence-corrected chi connectivity index (χ4v) is 1.85. The lowest BCUT2D eigenvalue weighted by Gasteiger charge is -2.09. The minimum absolute atomic E-state index is 0.138. The molecular formula is C13H11F3N2O. The number of aromatic nitrogens is 1. The molecule has 2 aromatic rings. The maximum atomic E-state index is 12.9. The van der Waals surface area contributed by atoms with E-state index in [-0.39, 0.29) is 11.4 Å². The van der Waals surface area contributed by atoms with Crippen molar-refractivity contribution in [1.29, 1.82) is 0 Å². The maximum Gasteiger partial charge on any atom is 0.418 e. The van der Waals surface area contributed by atoms with E-state index in [1.807, 2.05) is 0 Å². The smallest absolute Gasteiger partial charge is 0.410 e. The molecule has 2 N–H and O–H groups in total. The third kappa shape index (κ3) is 2.62. The first-order valence-electron chi connectivity index (χ1n) is 5.48. The Kier molecular flexibility index (Phi) is 3.33. The molecule has 19 heavy (non-hydrogen) atoms. The molecular weight excluding hydrogens is 257 g/mol. The van der Waals surface area contributed by atoms with Crippen LogP contribution in [-0.4, -0.2) is 15.9 Å². The second-order valence-corrected chi connectivity index (χ2v) is 4.05. The van der Waals surface area contributed by atoms with Crippen LogP contribution in [0.4, 0.5) is 13.2 Å². The first kappa shape index (κ1) is 13.2. The van der Waals surface area contributed by atoms with E-state index in [9.17, 15) is 13.2 Å². The summed E-state index contributed by atoms with van der Waals surface area (Å²) in [6.07, 6.45) is -4.51. The summed E-state index contributed by atoms with van der Waals surface area (Å²) in [6.45, 7) is 1.51. The molecule has 0 spiro atoms. The molecule has 0 aliphatic heterocycles. The predicted octanol–water partition coefficient (Wildman–Crippen LogP) is 3.57. The van der Waals surface area contributed by atoms with Gasteiger partial charge in [0, 0.05) is 11.3 Å². The van der Waals surface area contributed by atoms with Gasteiger partial charge in [-0.15, -0.1) is 0 Å². The fraction of sp³-hybridized carbons (Fsp3) is 0.154. The highest BCUT2D eigenvalue weighted by atomic mass is 19.4. The van der Waals surface area contributed by atoms with E-state index in [2.05, 4.69) is 10.1 Å². The van der Waals surface area contributed by atoms with Gasteiger partial charge in [-0.3, -0.25) is 0 Å². The molecule has 2 rings (SSSR count). The molecule has 1 aromatic heterocycles. The number of benzene rings is 1. The van der Waals surface area contributed by atoms with Crippen LogP contribution < -0.4 is 0 Å². The van der Waals surface area contributed by atoms with Crippen LogP contribution in [0, 0.1) is 6.92 Å². The van der Waals surface area contributed by atoms with Crippen LogP contribution in [0.5, 0.6) is 0 Å². The number of aryl methyl sites for hydroxylation is 1. The lowest BCUT2D eigenvalue weighted by atomic mass is 10.0. The average Bonchev–Trinajstić information content (AvgIpc) is 2.73. The molecule has 0 fully saturated rings. The first-order valence-corrected chi connectivity index (χ1v) is 5.48. The van der Waals surface area contributed by atoms with Gasteiger partial charge < -0.3 is 10.2 Å². The second-order valence-electron chi connectivity index (χ2n) is 4.05. The Morgan fingerprint density at radius 2 is 1.84 bits per heavy atom. The molecule has 0 saturated carbocycles. The van der Waals surface area contributed by atoms with Crippen molar-refractivity contribution in [1.82, 2.24) is 4.98 Å². The van der Waals surface area contributed by atoms with Gasteiger partial charge in [0.15, 0.2) is 0 Å². The summed E-state index contributed by atoms with van der Waals surface area (Å²) < 4.78 is 38.8. The Balaban J connectivity index is 2.58. The summed E-state index contributed by atoms with van der Waals surface area (Å²) in [5.41, 5.74) is -0.474. The van der Waals surface area contributed by atoms with Gasteiger partial charge in [-0.2, -0.15) is 13.2 Å². The van der Waals surface area contributed by atoms with Crippen molar-refractivity contribution in [3.05, 3.63) is 58.9 Å². The average molecular weight is 268 g/mol. The highest BCUT2D eigenvalue weighted by Crippen LogP contribution is 2.33. The lowest BCUT2D eigenvalue weighted by molar-refractivity contribution is -0.137. The molecule has 0 amide bonds. The van der Waals surface area contributed by atoms with Crippen LogP contribution in [0.2, 0.25) is 0 Å². The number of aromatic amines is 1. The van der Waals surface area contributed by atoms with Crippen molar-refractivity contribution in [3.63, 3.8) is 0 Å². The molecule has 1 heterocycles. The SMILES string of the molecule is Cc1cc(C(F)(F)F)c(/C(=N\O)c2ccccc2)[nH]1. The van der Waals surface area contributed by atoms with E-state index in [4.69, 9.17) is 5.21 Å². The van der Waals surface area contributed by atoms with E-state index in [1.165, 1.54) is 6.92 Å². The van der Waals surface area contributed by atoms with Crippen molar-refractivity contribution < 1.29 is 18.4 Å². The number of hydrogen-bond acceptors (Lipinski definition) is 2. The Hall–Kier alpha value is -2.24. The number of halogens is 3. The van der Waals surface area contributed by atoms with Gasteiger partial charge in [0.25, 0.3) is 0 Å². The summed E-state index contributed by atoms with van der Waals surface area (Å²) in [4.78, 5) is 2.59. The Morgan fingerprint density at radius 1 is 1.21 bits per heavy atom. The second kappa shape index (κ2) is 4.79. The number of alkyl halides is 3. The highest BCUT2D eigenvalue weighted by Gasteiger charge is 2.36. The lowest BCUT2D eigenvalue weighted by Crippen LogP contribution is -2.13. The number of H-pyrrole nitrogens is 1. The highest BCUT2D eigenvalue weighted by molar-refractivity contribution is 6.12. The van der Waals surface area contributed by atoms with Crippen LogP contribution in [0.25, 0.3) is 0 Å². The largest absolute Gasteiger partial charge is 0.418 e. The summed E-state index contributed by atoms with van der Waals surface area (Å²) in [5.74, 6) is 0. The number of nitrogens with one attached hydrogen (secondary N) is 1. The summed E-state index contributed by atoms with van der Waals surface area (Å²) >= 11 is 0. The molecule has 3 nitrogen and oxygen atoms in total. The van der Waals surface area contributed by atoms with E-state index in [0.29, 0.717) is 11.3 Å². The molecule has 0 atom stereocenters. The summed E-state index contributed by atoms with van der Waals surface area (Å²) in [5, 5.41) is 12.0. The van der Waals surface area contributed by atoms with Crippen LogP contribution >= 0.6 is 0 Å². The van der Waals surface area contributed by atoms with Crippen molar-refractivity contribution in [2.75, 3.05) is 0 Å². The zero-order chi connectivity index (χ0) is 14.0. The van der Waals surface area contributed by atoms with Gasteiger partial charge in [-0.1, -0.05) is 35.5 Å². The predicted molar refractivity (Wildman–Crippen MR) is 64.4 cm³/mol. The molecule has 0 aliphatic carbocycles. The Bertz CT molecular complexity index is 600. The third-order valence-corrected chi connectivity index (χ3v) is 2.64. The maximum absolute atomic E-state index is 12.9. The summed E-state index contributed by atoms with van der Waals surface area (Å²) in [7, 11) is 0. The molecule has 0 saturated heterocycles. The van der Waals surface area contributed by atoms with Gasteiger partial charge >= 0.3 is 6.18 Å². The zero-order valence-corrected chi connectivity index (χ0v) is 9.99. The monoisotopic (exact) mass is 268 g/mol. The first-order chi connectivity index (χ1) is 8.93. The van der Waals surface area contributed by atoms with Crippen molar-refractivity contribution in [2.24, 2.45) is 5.16 Å². The molecule has 0 radical (unpaired) electrons. The summed E-state index contributed by atoms with van der Waals surface area (Å²) in [6, 6.07) is 9.18. The zero-order valence-electron chi connectivity index (χ0n) is 9.99. The molecule has 1 aromatic carbocycles. The van der Waals surface area contributed by atoms with Crippen LogP contribution in [0.1, 0.15) is 22.5 Å². The molecule has 0 aliphatic rings. The molecule has 6 heteroatoms. The topological polar surface area (TPSA) is 48.4 Å². The van der Waals surface area contributed by atoms with Crippen LogP contribution in [0.15, 0.2) is 41.6 Å². The van der Waals surface area contributed by atoms with Gasteiger partial charge in [0.05, 0.1) is 11.3 Å². The number of hydrogen-bond donors (Lipinski definition) is 2. The third-order valence-electron chi connectivity index (χ3n) is 2.64. The van der Waals surface area contributed by atoms with Gasteiger partial charge in [0.2, 0.25) is 0 Å². The van der Waals surface area contributed by atoms with Crippen molar-refractivity contribution in [3.8, 4) is 0 Å². The van der Waals surface area contributed by atoms with E-state index >= 15 is 0 Å². The Labute approximate surface area is 107 Å². The minimum Gasteiger partial charge on any atom is -0.410 e. The quantitative estimate of drug-likeness (QED) is 0.488.